The third-order valence-corrected chi connectivity index (χ3v) is 8.36. The third-order valence-electron chi connectivity index (χ3n) is 8.36. The Bertz CT molecular complexity index is 1160. The molecule has 3 aromatic rings. The summed E-state index contributed by atoms with van der Waals surface area (Å²) in [7, 11) is 1.52. The SMILES string of the molecule is COC(=O)C1CC2(CCN(CC(C)(C)C)CC2)CN1Cc1ccc(CN(Cc2ncc[nH]2)Cc2ncc[nH]2)cc1. The Morgan fingerprint density at radius 3 is 2.12 bits per heavy atom. The van der Waals surface area contributed by atoms with Gasteiger partial charge in [-0.3, -0.25) is 14.6 Å². The van der Waals surface area contributed by atoms with E-state index in [1.165, 1.54) is 18.2 Å². The number of hydrogen-bond donors (Lipinski definition) is 2. The fourth-order valence-electron chi connectivity index (χ4n) is 6.50. The highest BCUT2D eigenvalue weighted by atomic mass is 16.5. The summed E-state index contributed by atoms with van der Waals surface area (Å²) in [4.78, 5) is 35.3. The van der Waals surface area contributed by atoms with Crippen molar-refractivity contribution in [2.45, 2.75) is 72.3 Å². The highest BCUT2D eigenvalue weighted by Gasteiger charge is 2.48. The van der Waals surface area contributed by atoms with Crippen molar-refractivity contribution in [1.29, 1.82) is 0 Å². The summed E-state index contributed by atoms with van der Waals surface area (Å²) in [5, 5.41) is 0. The number of benzene rings is 1. The van der Waals surface area contributed by atoms with Crippen LogP contribution in [0.15, 0.2) is 49.1 Å². The number of esters is 1. The Morgan fingerprint density at radius 2 is 1.60 bits per heavy atom. The molecule has 0 amide bonds. The normalized spacial score (nSPS) is 20.0. The Hall–Kier alpha value is -3.01. The predicted octanol–water partition coefficient (Wildman–Crippen LogP) is 4.21. The summed E-state index contributed by atoms with van der Waals surface area (Å²) in [6, 6.07) is 8.65. The number of H-pyrrole nitrogens is 2. The van der Waals surface area contributed by atoms with Crippen LogP contribution < -0.4 is 0 Å². The zero-order valence-corrected chi connectivity index (χ0v) is 24.5. The molecule has 1 unspecified atom stereocenters. The predicted molar refractivity (Wildman–Crippen MR) is 155 cm³/mol. The van der Waals surface area contributed by atoms with Crippen molar-refractivity contribution < 1.29 is 9.53 Å². The second-order valence-electron chi connectivity index (χ2n) is 13.0. The minimum atomic E-state index is -0.170. The van der Waals surface area contributed by atoms with Crippen LogP contribution in [0.2, 0.25) is 0 Å². The number of imidazole rings is 2. The summed E-state index contributed by atoms with van der Waals surface area (Å²) in [6.07, 6.45) is 10.5. The Labute approximate surface area is 238 Å². The summed E-state index contributed by atoms with van der Waals surface area (Å²) in [6.45, 7) is 14.2. The first kappa shape index (κ1) is 28.5. The highest BCUT2D eigenvalue weighted by molar-refractivity contribution is 5.76. The second-order valence-corrected chi connectivity index (χ2v) is 13.0. The number of piperidine rings is 1. The van der Waals surface area contributed by atoms with Gasteiger partial charge in [0, 0.05) is 51.0 Å². The van der Waals surface area contributed by atoms with Crippen LogP contribution in [0.25, 0.3) is 0 Å². The summed E-state index contributed by atoms with van der Waals surface area (Å²) in [5.74, 6) is 1.77. The first-order chi connectivity index (χ1) is 19.2. The number of hydrogen-bond acceptors (Lipinski definition) is 7. The molecule has 2 fully saturated rings. The van der Waals surface area contributed by atoms with Crippen LogP contribution in [0.3, 0.4) is 0 Å². The smallest absolute Gasteiger partial charge is 0.323 e. The van der Waals surface area contributed by atoms with E-state index >= 15 is 0 Å². The highest BCUT2D eigenvalue weighted by Crippen LogP contribution is 2.44. The first-order valence-electron chi connectivity index (χ1n) is 14.5. The van der Waals surface area contributed by atoms with E-state index in [9.17, 15) is 4.79 Å². The van der Waals surface area contributed by atoms with Crippen molar-refractivity contribution in [2.24, 2.45) is 10.8 Å². The van der Waals surface area contributed by atoms with Crippen LogP contribution in [0.4, 0.5) is 0 Å². The molecule has 1 aromatic carbocycles. The maximum absolute atomic E-state index is 12.8. The van der Waals surface area contributed by atoms with Crippen LogP contribution in [-0.4, -0.2) is 79.9 Å². The van der Waals surface area contributed by atoms with Gasteiger partial charge >= 0.3 is 5.97 Å². The first-order valence-corrected chi connectivity index (χ1v) is 14.5. The lowest BCUT2D eigenvalue weighted by molar-refractivity contribution is -0.146. The van der Waals surface area contributed by atoms with Gasteiger partial charge in [0.15, 0.2) is 0 Å². The molecule has 5 rings (SSSR count). The minimum Gasteiger partial charge on any atom is -0.468 e. The molecule has 0 saturated carbocycles. The number of carbonyl (C=O) groups excluding carboxylic acids is 1. The van der Waals surface area contributed by atoms with E-state index in [-0.39, 0.29) is 17.4 Å². The molecule has 2 N–H and O–H groups in total. The number of aromatic amines is 2. The Kier molecular flexibility index (Phi) is 8.73. The molecule has 0 bridgehead atoms. The largest absolute Gasteiger partial charge is 0.468 e. The number of carbonyl (C=O) groups is 1. The van der Waals surface area contributed by atoms with Crippen molar-refractivity contribution in [2.75, 3.05) is 33.3 Å². The molecule has 216 valence electrons. The van der Waals surface area contributed by atoms with E-state index in [1.807, 2.05) is 12.4 Å². The van der Waals surface area contributed by atoms with Gasteiger partial charge in [0.05, 0.1) is 20.2 Å². The molecule has 9 heteroatoms. The molecule has 2 aliphatic heterocycles. The molecular weight excluding hydrogens is 502 g/mol. The van der Waals surface area contributed by atoms with E-state index in [4.69, 9.17) is 4.74 Å². The number of rotatable bonds is 10. The van der Waals surface area contributed by atoms with Gasteiger partial charge in [-0.15, -0.1) is 0 Å². The van der Waals surface area contributed by atoms with Crippen molar-refractivity contribution in [3.63, 3.8) is 0 Å². The number of methoxy groups -OCH3 is 1. The molecular formula is C31H45N7O2. The van der Waals surface area contributed by atoms with Gasteiger partial charge in [0.1, 0.15) is 17.7 Å². The van der Waals surface area contributed by atoms with Crippen LogP contribution in [0.1, 0.15) is 62.8 Å². The standard InChI is InChI=1S/C31H45N7O2/c1-30(2,3)22-36-15-9-31(10-16-36)17-26(29(39)40-4)38(23-31)19-25-7-5-24(6-8-25)18-37(20-27-32-11-12-33-27)21-28-34-13-14-35-28/h5-8,11-14,26H,9-10,15-23H2,1-4H3,(H,32,33)(H,34,35). The monoisotopic (exact) mass is 547 g/mol. The average Bonchev–Trinajstić information content (AvgIpc) is 3.69. The number of ether oxygens (including phenoxy) is 1. The Balaban J connectivity index is 1.22. The maximum atomic E-state index is 12.8. The fraction of sp³-hybridized carbons (Fsp3) is 0.581. The van der Waals surface area contributed by atoms with Crippen molar-refractivity contribution in [1.82, 2.24) is 34.6 Å². The lowest BCUT2D eigenvalue weighted by Gasteiger charge is -2.41. The molecule has 1 atom stereocenters. The molecule has 0 aliphatic carbocycles. The van der Waals surface area contributed by atoms with Gasteiger partial charge in [-0.1, -0.05) is 45.0 Å². The van der Waals surface area contributed by atoms with E-state index in [1.54, 1.807) is 12.4 Å². The molecule has 4 heterocycles. The fourth-order valence-corrected chi connectivity index (χ4v) is 6.50. The van der Waals surface area contributed by atoms with Crippen LogP contribution in [0, 0.1) is 10.8 Å². The lowest BCUT2D eigenvalue weighted by Crippen LogP contribution is -2.44. The molecule has 9 nitrogen and oxygen atoms in total. The second kappa shape index (κ2) is 12.2. The van der Waals surface area contributed by atoms with Crippen LogP contribution in [0.5, 0.6) is 0 Å². The van der Waals surface area contributed by atoms with Crippen molar-refractivity contribution in [3.05, 3.63) is 71.8 Å². The average molecular weight is 548 g/mol. The van der Waals surface area contributed by atoms with E-state index < -0.39 is 0 Å². The molecule has 40 heavy (non-hydrogen) atoms. The van der Waals surface area contributed by atoms with E-state index in [0.29, 0.717) is 18.5 Å². The van der Waals surface area contributed by atoms with Gasteiger partial charge in [-0.05, 0) is 54.3 Å². The summed E-state index contributed by atoms with van der Waals surface area (Å²) < 4.78 is 5.26. The van der Waals surface area contributed by atoms with Gasteiger partial charge in [-0.25, -0.2) is 9.97 Å². The maximum Gasteiger partial charge on any atom is 0.323 e. The molecule has 1 spiro atoms. The van der Waals surface area contributed by atoms with E-state index in [2.05, 4.69) is 79.7 Å². The van der Waals surface area contributed by atoms with Gasteiger partial charge in [0.2, 0.25) is 0 Å². The summed E-state index contributed by atoms with van der Waals surface area (Å²) in [5.41, 5.74) is 2.96. The summed E-state index contributed by atoms with van der Waals surface area (Å²) >= 11 is 0. The van der Waals surface area contributed by atoms with Crippen LogP contribution >= 0.6 is 0 Å². The quantitative estimate of drug-likeness (QED) is 0.367. The number of nitrogens with zero attached hydrogens (tertiary/aromatic N) is 5. The lowest BCUT2D eigenvalue weighted by atomic mass is 9.76. The molecule has 2 saturated heterocycles. The molecule has 2 aliphatic rings. The molecule has 2 aromatic heterocycles. The van der Waals surface area contributed by atoms with Crippen LogP contribution in [-0.2, 0) is 35.7 Å². The zero-order chi connectivity index (χ0) is 28.2. The Morgan fingerprint density at radius 1 is 1.00 bits per heavy atom. The van der Waals surface area contributed by atoms with Gasteiger partial charge in [-0.2, -0.15) is 0 Å². The number of likely N-dealkylation sites (tertiary alicyclic amines) is 2. The zero-order valence-electron chi connectivity index (χ0n) is 24.5. The third kappa shape index (κ3) is 7.38. The van der Waals surface area contributed by atoms with Gasteiger partial charge in [0.25, 0.3) is 0 Å². The van der Waals surface area contributed by atoms with Crippen molar-refractivity contribution in [3.8, 4) is 0 Å². The van der Waals surface area contributed by atoms with E-state index in [0.717, 1.165) is 70.2 Å². The minimum absolute atomic E-state index is 0.0999. The van der Waals surface area contributed by atoms with Gasteiger partial charge < -0.3 is 19.6 Å². The number of nitrogens with one attached hydrogen (secondary N) is 2. The number of aromatic nitrogens is 4. The molecule has 0 radical (unpaired) electrons. The topological polar surface area (TPSA) is 93.4 Å². The van der Waals surface area contributed by atoms with Crippen molar-refractivity contribution >= 4 is 5.97 Å².